The van der Waals surface area contributed by atoms with Crippen LogP contribution in [0.5, 0.6) is 5.75 Å². The Morgan fingerprint density at radius 3 is 2.17 bits per heavy atom. The van der Waals surface area contributed by atoms with Gasteiger partial charge in [0.2, 0.25) is 0 Å². The zero-order chi connectivity index (χ0) is 17.7. The molecule has 1 amide bonds. The van der Waals surface area contributed by atoms with Crippen molar-refractivity contribution >= 4 is 21.4 Å². The number of hydrogen-bond donors (Lipinski definition) is 1. The Morgan fingerprint density at radius 2 is 1.67 bits per heavy atom. The molecule has 0 saturated heterocycles. The minimum Gasteiger partial charge on any atom is -0.481 e. The number of ether oxygens (including phenoxy) is 1. The Kier molecular flexibility index (Phi) is 5.62. The van der Waals surface area contributed by atoms with Crippen LogP contribution in [-0.4, -0.2) is 26.7 Å². The highest BCUT2D eigenvalue weighted by atomic mass is 32.2. The summed E-state index contributed by atoms with van der Waals surface area (Å²) in [5, 5.41) is 2.79. The number of anilines is 1. The molecule has 24 heavy (non-hydrogen) atoms. The molecule has 0 aromatic heterocycles. The van der Waals surface area contributed by atoms with E-state index in [2.05, 4.69) is 12.2 Å². The van der Waals surface area contributed by atoms with Crippen LogP contribution in [-0.2, 0) is 21.1 Å². The van der Waals surface area contributed by atoms with Crippen molar-refractivity contribution in [2.45, 2.75) is 31.3 Å². The topological polar surface area (TPSA) is 72.5 Å². The standard InChI is InChI=1S/C18H21NO4S/c1-4-14-5-7-15(8-6-14)19-18(20)13(2)23-16-9-11-17(12-10-16)24(3,21)22/h5-13H,4H2,1-3H3,(H,19,20). The third kappa shape index (κ3) is 4.83. The molecule has 5 nitrogen and oxygen atoms in total. The predicted octanol–water partition coefficient (Wildman–Crippen LogP) is 3.06. The lowest BCUT2D eigenvalue weighted by Gasteiger charge is -2.15. The first kappa shape index (κ1) is 18.0. The number of nitrogens with one attached hydrogen (secondary N) is 1. The molecule has 0 aliphatic carbocycles. The molecule has 6 heteroatoms. The summed E-state index contributed by atoms with van der Waals surface area (Å²) >= 11 is 0. The van der Waals surface area contributed by atoms with Crippen LogP contribution >= 0.6 is 0 Å². The molecule has 0 radical (unpaired) electrons. The molecule has 1 unspecified atom stereocenters. The summed E-state index contributed by atoms with van der Waals surface area (Å²) in [6, 6.07) is 13.6. The van der Waals surface area contributed by atoms with Crippen LogP contribution in [0.25, 0.3) is 0 Å². The molecule has 0 aliphatic heterocycles. The number of hydrogen-bond acceptors (Lipinski definition) is 4. The Morgan fingerprint density at radius 1 is 1.08 bits per heavy atom. The number of rotatable bonds is 6. The van der Waals surface area contributed by atoms with Crippen molar-refractivity contribution in [3.63, 3.8) is 0 Å². The van der Waals surface area contributed by atoms with E-state index in [0.29, 0.717) is 11.4 Å². The Bertz CT molecular complexity index is 796. The van der Waals surface area contributed by atoms with E-state index in [1.807, 2.05) is 24.3 Å². The third-order valence-electron chi connectivity index (χ3n) is 3.56. The molecule has 0 fully saturated rings. The van der Waals surface area contributed by atoms with E-state index in [1.165, 1.54) is 29.8 Å². The van der Waals surface area contributed by atoms with E-state index < -0.39 is 15.9 Å². The van der Waals surface area contributed by atoms with Crippen molar-refractivity contribution in [3.05, 3.63) is 54.1 Å². The fourth-order valence-corrected chi connectivity index (χ4v) is 2.72. The molecule has 1 N–H and O–H groups in total. The molecule has 0 heterocycles. The van der Waals surface area contributed by atoms with Crippen molar-refractivity contribution in [1.82, 2.24) is 0 Å². The lowest BCUT2D eigenvalue weighted by Crippen LogP contribution is -2.30. The van der Waals surface area contributed by atoms with Gasteiger partial charge in [-0.1, -0.05) is 19.1 Å². The summed E-state index contributed by atoms with van der Waals surface area (Å²) in [6.45, 7) is 3.71. The zero-order valence-electron chi connectivity index (χ0n) is 13.9. The average Bonchev–Trinajstić information content (AvgIpc) is 2.55. The second kappa shape index (κ2) is 7.49. The average molecular weight is 347 g/mol. The monoisotopic (exact) mass is 347 g/mol. The molecule has 128 valence electrons. The van der Waals surface area contributed by atoms with Gasteiger partial charge in [0.1, 0.15) is 5.75 Å². The first-order valence-electron chi connectivity index (χ1n) is 7.66. The fourth-order valence-electron chi connectivity index (χ4n) is 2.09. The van der Waals surface area contributed by atoms with Crippen molar-refractivity contribution in [2.75, 3.05) is 11.6 Å². The number of sulfone groups is 1. The van der Waals surface area contributed by atoms with Gasteiger partial charge in [-0.15, -0.1) is 0 Å². The maximum atomic E-state index is 12.2. The molecule has 2 aromatic rings. The smallest absolute Gasteiger partial charge is 0.265 e. The fraction of sp³-hybridized carbons (Fsp3) is 0.278. The zero-order valence-corrected chi connectivity index (χ0v) is 14.8. The molecule has 2 rings (SSSR count). The maximum absolute atomic E-state index is 12.2. The van der Waals surface area contributed by atoms with Gasteiger partial charge in [0.05, 0.1) is 4.90 Å². The number of amides is 1. The van der Waals surface area contributed by atoms with Gasteiger partial charge in [0.15, 0.2) is 15.9 Å². The van der Waals surface area contributed by atoms with Gasteiger partial charge in [-0.3, -0.25) is 4.79 Å². The Labute approximate surface area is 142 Å². The summed E-state index contributed by atoms with van der Waals surface area (Å²) in [4.78, 5) is 12.4. The SMILES string of the molecule is CCc1ccc(NC(=O)C(C)Oc2ccc(S(C)(=O)=O)cc2)cc1. The lowest BCUT2D eigenvalue weighted by atomic mass is 10.1. The van der Waals surface area contributed by atoms with E-state index in [-0.39, 0.29) is 10.8 Å². The highest BCUT2D eigenvalue weighted by Crippen LogP contribution is 2.18. The van der Waals surface area contributed by atoms with Crippen molar-refractivity contribution in [2.24, 2.45) is 0 Å². The van der Waals surface area contributed by atoms with Crippen LogP contribution in [0.3, 0.4) is 0 Å². The van der Waals surface area contributed by atoms with Gasteiger partial charge >= 0.3 is 0 Å². The first-order valence-corrected chi connectivity index (χ1v) is 9.55. The second-order valence-electron chi connectivity index (χ2n) is 5.54. The van der Waals surface area contributed by atoms with E-state index in [4.69, 9.17) is 4.74 Å². The van der Waals surface area contributed by atoms with E-state index in [1.54, 1.807) is 6.92 Å². The second-order valence-corrected chi connectivity index (χ2v) is 7.56. The maximum Gasteiger partial charge on any atom is 0.265 e. The van der Waals surface area contributed by atoms with Gasteiger partial charge in [-0.25, -0.2) is 8.42 Å². The normalized spacial score (nSPS) is 12.5. The van der Waals surface area contributed by atoms with Crippen LogP contribution in [0.15, 0.2) is 53.4 Å². The summed E-state index contributed by atoms with van der Waals surface area (Å²) in [7, 11) is -3.25. The summed E-state index contributed by atoms with van der Waals surface area (Å²) in [5.74, 6) is 0.165. The minimum absolute atomic E-state index is 0.211. The summed E-state index contributed by atoms with van der Waals surface area (Å²) < 4.78 is 28.4. The van der Waals surface area contributed by atoms with Crippen molar-refractivity contribution in [3.8, 4) is 5.75 Å². The van der Waals surface area contributed by atoms with Crippen LogP contribution < -0.4 is 10.1 Å². The molecule has 1 atom stereocenters. The number of aryl methyl sites for hydroxylation is 1. The van der Waals surface area contributed by atoms with Crippen LogP contribution in [0.2, 0.25) is 0 Å². The van der Waals surface area contributed by atoms with Gasteiger partial charge in [0.25, 0.3) is 5.91 Å². The Hall–Kier alpha value is -2.34. The molecular formula is C18H21NO4S. The summed E-state index contributed by atoms with van der Waals surface area (Å²) in [5.41, 5.74) is 1.91. The first-order chi connectivity index (χ1) is 11.3. The quantitative estimate of drug-likeness (QED) is 0.872. The van der Waals surface area contributed by atoms with Gasteiger partial charge < -0.3 is 10.1 Å². The van der Waals surface area contributed by atoms with Gasteiger partial charge in [0, 0.05) is 11.9 Å². The van der Waals surface area contributed by atoms with Gasteiger partial charge in [-0.05, 0) is 55.3 Å². The predicted molar refractivity (Wildman–Crippen MR) is 94.1 cm³/mol. The van der Waals surface area contributed by atoms with Crippen LogP contribution in [0.1, 0.15) is 19.4 Å². The molecule has 2 aromatic carbocycles. The Balaban J connectivity index is 1.97. The van der Waals surface area contributed by atoms with Crippen LogP contribution in [0.4, 0.5) is 5.69 Å². The van der Waals surface area contributed by atoms with Crippen LogP contribution in [0, 0.1) is 0 Å². The molecule has 0 saturated carbocycles. The largest absolute Gasteiger partial charge is 0.481 e. The van der Waals surface area contributed by atoms with Gasteiger partial charge in [-0.2, -0.15) is 0 Å². The highest BCUT2D eigenvalue weighted by Gasteiger charge is 2.15. The molecule has 0 spiro atoms. The molecule has 0 aliphatic rings. The molecular weight excluding hydrogens is 326 g/mol. The van der Waals surface area contributed by atoms with E-state index in [9.17, 15) is 13.2 Å². The summed E-state index contributed by atoms with van der Waals surface area (Å²) in [6.07, 6.45) is 1.37. The van der Waals surface area contributed by atoms with E-state index >= 15 is 0 Å². The van der Waals surface area contributed by atoms with Crippen molar-refractivity contribution < 1.29 is 17.9 Å². The lowest BCUT2D eigenvalue weighted by molar-refractivity contribution is -0.122. The molecule has 0 bridgehead atoms. The number of benzene rings is 2. The van der Waals surface area contributed by atoms with E-state index in [0.717, 1.165) is 12.7 Å². The van der Waals surface area contributed by atoms with Crippen molar-refractivity contribution in [1.29, 1.82) is 0 Å². The number of carbonyl (C=O) groups excluding carboxylic acids is 1. The number of carbonyl (C=O) groups is 1. The minimum atomic E-state index is -3.25. The third-order valence-corrected chi connectivity index (χ3v) is 4.69. The highest BCUT2D eigenvalue weighted by molar-refractivity contribution is 7.90.